The number of nitrogens with one attached hydrogen (secondary N) is 3. The van der Waals surface area contributed by atoms with Gasteiger partial charge in [0.2, 0.25) is 5.91 Å². The molecule has 25 heavy (non-hydrogen) atoms. The highest BCUT2D eigenvalue weighted by molar-refractivity contribution is 5.95. The molecule has 2 rings (SSSR count). The molecule has 3 N–H and O–H groups in total. The third kappa shape index (κ3) is 6.36. The summed E-state index contributed by atoms with van der Waals surface area (Å²) in [5.74, 6) is 0.391. The smallest absolute Gasteiger partial charge is 0.319 e. The molecular weight excluding hydrogens is 322 g/mol. The van der Waals surface area contributed by atoms with Gasteiger partial charge in [0.1, 0.15) is 6.61 Å². The zero-order valence-corrected chi connectivity index (χ0v) is 14.9. The molecule has 0 bridgehead atoms. The van der Waals surface area contributed by atoms with Gasteiger partial charge in [-0.15, -0.1) is 0 Å². The second kappa shape index (κ2) is 10.0. The summed E-state index contributed by atoms with van der Waals surface area (Å²) in [6.45, 7) is 4.16. The predicted octanol–water partition coefficient (Wildman–Crippen LogP) is 2.52. The maximum atomic E-state index is 12.0. The van der Waals surface area contributed by atoms with Gasteiger partial charge < -0.3 is 25.4 Å². The third-order valence-electron chi connectivity index (χ3n) is 4.23. The maximum Gasteiger partial charge on any atom is 0.319 e. The van der Waals surface area contributed by atoms with Gasteiger partial charge in [-0.25, -0.2) is 4.79 Å². The van der Waals surface area contributed by atoms with Crippen molar-refractivity contribution < 1.29 is 19.1 Å². The second-order valence-electron chi connectivity index (χ2n) is 6.21. The van der Waals surface area contributed by atoms with Crippen LogP contribution >= 0.6 is 0 Å². The van der Waals surface area contributed by atoms with Crippen molar-refractivity contribution in [2.24, 2.45) is 5.92 Å². The van der Waals surface area contributed by atoms with E-state index in [9.17, 15) is 9.59 Å². The Labute approximate surface area is 148 Å². The molecule has 1 heterocycles. The SMILES string of the molecule is COCC(=O)Nc1cccc(NC(=O)NCCC[C@H]2CCOC2)c1C. The summed E-state index contributed by atoms with van der Waals surface area (Å²) < 4.78 is 10.1. The Kier molecular flexibility index (Phi) is 7.69. The van der Waals surface area contributed by atoms with Gasteiger partial charge in [-0.1, -0.05) is 6.07 Å². The molecule has 0 radical (unpaired) electrons. The Morgan fingerprint density at radius 3 is 2.72 bits per heavy atom. The monoisotopic (exact) mass is 349 g/mol. The average Bonchev–Trinajstić information content (AvgIpc) is 3.09. The molecule has 7 nitrogen and oxygen atoms in total. The van der Waals surface area contributed by atoms with Gasteiger partial charge in [-0.2, -0.15) is 0 Å². The molecule has 0 saturated carbocycles. The quantitative estimate of drug-likeness (QED) is 0.629. The minimum atomic E-state index is -0.244. The van der Waals surface area contributed by atoms with Gasteiger partial charge in [0, 0.05) is 38.2 Å². The number of carbonyl (C=O) groups excluding carboxylic acids is 2. The van der Waals surface area contributed by atoms with Crippen LogP contribution in [0.15, 0.2) is 18.2 Å². The number of hydrogen-bond acceptors (Lipinski definition) is 4. The highest BCUT2D eigenvalue weighted by Crippen LogP contribution is 2.23. The molecule has 1 aliphatic heterocycles. The minimum absolute atomic E-state index is 0.0103. The Hall–Kier alpha value is -2.12. The van der Waals surface area contributed by atoms with Crippen LogP contribution in [-0.2, 0) is 14.3 Å². The molecule has 1 atom stereocenters. The lowest BCUT2D eigenvalue weighted by Crippen LogP contribution is -2.30. The van der Waals surface area contributed by atoms with Gasteiger partial charge >= 0.3 is 6.03 Å². The first-order chi connectivity index (χ1) is 12.1. The van der Waals surface area contributed by atoms with Crippen LogP contribution in [0.2, 0.25) is 0 Å². The molecule has 3 amide bonds. The summed E-state index contributed by atoms with van der Waals surface area (Å²) in [6, 6.07) is 5.13. The lowest BCUT2D eigenvalue weighted by atomic mass is 10.0. The number of amides is 3. The van der Waals surface area contributed by atoms with Crippen molar-refractivity contribution in [1.82, 2.24) is 5.32 Å². The van der Waals surface area contributed by atoms with Crippen molar-refractivity contribution in [3.8, 4) is 0 Å². The van der Waals surface area contributed by atoms with Crippen LogP contribution in [0.5, 0.6) is 0 Å². The number of urea groups is 1. The van der Waals surface area contributed by atoms with E-state index in [0.29, 0.717) is 23.8 Å². The molecule has 1 aromatic rings. The van der Waals surface area contributed by atoms with E-state index in [4.69, 9.17) is 9.47 Å². The van der Waals surface area contributed by atoms with Crippen molar-refractivity contribution in [3.05, 3.63) is 23.8 Å². The number of anilines is 2. The summed E-state index contributed by atoms with van der Waals surface area (Å²) in [5, 5.41) is 8.45. The lowest BCUT2D eigenvalue weighted by molar-refractivity contribution is -0.119. The van der Waals surface area contributed by atoms with E-state index in [-0.39, 0.29) is 18.5 Å². The third-order valence-corrected chi connectivity index (χ3v) is 4.23. The first kappa shape index (κ1) is 19.2. The van der Waals surface area contributed by atoms with Crippen LogP contribution < -0.4 is 16.0 Å². The topological polar surface area (TPSA) is 88.7 Å². The molecule has 0 unspecified atom stereocenters. The number of carbonyl (C=O) groups is 2. The summed E-state index contributed by atoms with van der Waals surface area (Å²) in [4.78, 5) is 23.7. The first-order valence-corrected chi connectivity index (χ1v) is 8.61. The van der Waals surface area contributed by atoms with Gasteiger partial charge in [-0.05, 0) is 49.8 Å². The van der Waals surface area contributed by atoms with Crippen LogP contribution in [0.1, 0.15) is 24.8 Å². The highest BCUT2D eigenvalue weighted by atomic mass is 16.5. The molecular formula is C18H27N3O4. The number of rotatable bonds is 8. The number of benzene rings is 1. The number of methoxy groups -OCH3 is 1. The molecule has 1 aromatic carbocycles. The normalized spacial score (nSPS) is 16.5. The van der Waals surface area contributed by atoms with E-state index < -0.39 is 0 Å². The van der Waals surface area contributed by atoms with Crippen molar-refractivity contribution in [3.63, 3.8) is 0 Å². The zero-order chi connectivity index (χ0) is 18.1. The molecule has 1 aliphatic rings. The van der Waals surface area contributed by atoms with Gasteiger partial charge in [-0.3, -0.25) is 4.79 Å². The van der Waals surface area contributed by atoms with E-state index >= 15 is 0 Å². The molecule has 0 spiro atoms. The number of ether oxygens (including phenoxy) is 2. The van der Waals surface area contributed by atoms with Crippen LogP contribution in [0.4, 0.5) is 16.2 Å². The largest absolute Gasteiger partial charge is 0.381 e. The summed E-state index contributed by atoms with van der Waals surface area (Å²) >= 11 is 0. The second-order valence-corrected chi connectivity index (χ2v) is 6.21. The highest BCUT2D eigenvalue weighted by Gasteiger charge is 2.15. The minimum Gasteiger partial charge on any atom is -0.381 e. The first-order valence-electron chi connectivity index (χ1n) is 8.61. The summed E-state index contributed by atoms with van der Waals surface area (Å²) in [7, 11) is 1.47. The Morgan fingerprint density at radius 1 is 1.28 bits per heavy atom. The van der Waals surface area contributed by atoms with Crippen molar-refractivity contribution >= 4 is 23.3 Å². The van der Waals surface area contributed by atoms with Gasteiger partial charge in [0.25, 0.3) is 0 Å². The van der Waals surface area contributed by atoms with Crippen LogP contribution in [-0.4, -0.2) is 45.4 Å². The van der Waals surface area contributed by atoms with Crippen molar-refractivity contribution in [2.45, 2.75) is 26.2 Å². The van der Waals surface area contributed by atoms with Crippen LogP contribution in [0, 0.1) is 12.8 Å². The molecule has 138 valence electrons. The van der Waals surface area contributed by atoms with E-state index in [0.717, 1.165) is 38.0 Å². The Balaban J connectivity index is 1.78. The van der Waals surface area contributed by atoms with Crippen LogP contribution in [0.3, 0.4) is 0 Å². The molecule has 0 aliphatic carbocycles. The van der Waals surface area contributed by atoms with E-state index in [2.05, 4.69) is 16.0 Å². The van der Waals surface area contributed by atoms with Gasteiger partial charge in [0.05, 0.1) is 0 Å². The fourth-order valence-corrected chi connectivity index (χ4v) is 2.79. The molecule has 1 saturated heterocycles. The van der Waals surface area contributed by atoms with Gasteiger partial charge in [0.15, 0.2) is 0 Å². The van der Waals surface area contributed by atoms with Crippen LogP contribution in [0.25, 0.3) is 0 Å². The maximum absolute atomic E-state index is 12.0. The van der Waals surface area contributed by atoms with E-state index in [1.54, 1.807) is 18.2 Å². The van der Waals surface area contributed by atoms with E-state index in [1.165, 1.54) is 7.11 Å². The summed E-state index contributed by atoms with van der Waals surface area (Å²) in [5.41, 5.74) is 2.11. The molecule has 1 fully saturated rings. The summed E-state index contributed by atoms with van der Waals surface area (Å²) in [6.07, 6.45) is 3.13. The Bertz CT molecular complexity index is 586. The fourth-order valence-electron chi connectivity index (χ4n) is 2.79. The van der Waals surface area contributed by atoms with Crippen molar-refractivity contribution in [1.29, 1.82) is 0 Å². The van der Waals surface area contributed by atoms with Crippen molar-refractivity contribution in [2.75, 3.05) is 44.1 Å². The standard InChI is InChI=1S/C18H27N3O4/c1-13-15(20-17(22)12-24-2)6-3-7-16(13)21-18(23)19-9-4-5-14-8-10-25-11-14/h3,6-7,14H,4-5,8-12H2,1-2H3,(H,20,22)(H2,19,21,23)/t14-/m0/s1. The zero-order valence-electron chi connectivity index (χ0n) is 14.9. The average molecular weight is 349 g/mol. The molecule has 7 heteroatoms. The predicted molar refractivity (Wildman–Crippen MR) is 96.9 cm³/mol. The fraction of sp³-hybridized carbons (Fsp3) is 0.556. The number of hydrogen-bond donors (Lipinski definition) is 3. The lowest BCUT2D eigenvalue weighted by Gasteiger charge is -2.14. The Morgan fingerprint density at radius 2 is 2.04 bits per heavy atom. The van der Waals surface area contributed by atoms with E-state index in [1.807, 2.05) is 6.92 Å². The molecule has 0 aromatic heterocycles.